The molecule has 0 radical (unpaired) electrons. The number of carbonyl (C=O) groups is 1. The van der Waals surface area contributed by atoms with Gasteiger partial charge in [0.2, 0.25) is 0 Å². The smallest absolute Gasteiger partial charge is 0.254 e. The summed E-state index contributed by atoms with van der Waals surface area (Å²) in [5.74, 6) is -0.387. The Balaban J connectivity index is 1.50. The fourth-order valence-corrected chi connectivity index (χ4v) is 3.48. The number of carbonyl (C=O) groups excluding carboxylic acids is 1. The number of ether oxygens (including phenoxy) is 1. The van der Waals surface area contributed by atoms with Crippen LogP contribution in [-0.2, 0) is 6.42 Å². The number of hydrogen-bond donors (Lipinski definition) is 1. The van der Waals surface area contributed by atoms with Gasteiger partial charge < -0.3 is 10.1 Å². The number of amides is 1. The van der Waals surface area contributed by atoms with Crippen LogP contribution in [0.3, 0.4) is 0 Å². The van der Waals surface area contributed by atoms with Crippen LogP contribution in [0.15, 0.2) is 48.9 Å². The topological polar surface area (TPSA) is 64.1 Å². The highest BCUT2D eigenvalue weighted by Crippen LogP contribution is 2.38. The highest BCUT2D eigenvalue weighted by atomic mass is 35.5. The zero-order valence-corrected chi connectivity index (χ0v) is 15.8. The SMILES string of the molecule is Cc1cc2c(c(-c3cnccn3)c1)OC(CNC(=O)c1cc(Cl)ccc1F)C2. The van der Waals surface area contributed by atoms with Crippen LogP contribution in [0.1, 0.15) is 21.5 Å². The molecule has 0 aliphatic carbocycles. The van der Waals surface area contributed by atoms with Gasteiger partial charge in [-0.2, -0.15) is 0 Å². The lowest BCUT2D eigenvalue weighted by Gasteiger charge is -2.14. The van der Waals surface area contributed by atoms with Crippen LogP contribution in [0.25, 0.3) is 11.3 Å². The van der Waals surface area contributed by atoms with E-state index in [2.05, 4.69) is 21.4 Å². The molecular weight excluding hydrogens is 381 g/mol. The van der Waals surface area contributed by atoms with Gasteiger partial charge in [-0.1, -0.05) is 17.7 Å². The van der Waals surface area contributed by atoms with E-state index in [0.29, 0.717) is 11.4 Å². The fraction of sp³-hybridized carbons (Fsp3) is 0.190. The van der Waals surface area contributed by atoms with Crippen molar-refractivity contribution >= 4 is 17.5 Å². The third-order valence-electron chi connectivity index (χ3n) is 4.54. The van der Waals surface area contributed by atoms with Gasteiger partial charge >= 0.3 is 0 Å². The summed E-state index contributed by atoms with van der Waals surface area (Å²) in [5.41, 5.74) is 3.66. The van der Waals surface area contributed by atoms with E-state index in [1.54, 1.807) is 18.6 Å². The van der Waals surface area contributed by atoms with Crippen molar-refractivity contribution < 1.29 is 13.9 Å². The molecule has 28 heavy (non-hydrogen) atoms. The second-order valence-corrected chi connectivity index (χ2v) is 7.11. The Morgan fingerprint density at radius 1 is 1.32 bits per heavy atom. The van der Waals surface area contributed by atoms with Crippen molar-refractivity contribution in [2.45, 2.75) is 19.4 Å². The highest BCUT2D eigenvalue weighted by molar-refractivity contribution is 6.31. The van der Waals surface area contributed by atoms with Crippen LogP contribution in [0, 0.1) is 12.7 Å². The predicted molar refractivity (Wildman–Crippen MR) is 104 cm³/mol. The molecule has 0 bridgehead atoms. The lowest BCUT2D eigenvalue weighted by atomic mass is 10.0. The average molecular weight is 398 g/mol. The monoisotopic (exact) mass is 397 g/mol. The quantitative estimate of drug-likeness (QED) is 0.723. The van der Waals surface area contributed by atoms with E-state index < -0.39 is 11.7 Å². The summed E-state index contributed by atoms with van der Waals surface area (Å²) in [5, 5.41) is 3.03. The molecular formula is C21H17ClFN3O2. The summed E-state index contributed by atoms with van der Waals surface area (Å²) < 4.78 is 19.9. The summed E-state index contributed by atoms with van der Waals surface area (Å²) in [4.78, 5) is 20.8. The van der Waals surface area contributed by atoms with Gasteiger partial charge in [0.1, 0.15) is 17.7 Å². The largest absolute Gasteiger partial charge is 0.487 e. The lowest BCUT2D eigenvalue weighted by Crippen LogP contribution is -2.34. The first-order valence-corrected chi connectivity index (χ1v) is 9.19. The summed E-state index contributed by atoms with van der Waals surface area (Å²) in [7, 11) is 0. The number of aromatic nitrogens is 2. The Labute approximate surface area is 166 Å². The standard InChI is InChI=1S/C21H17ClFN3O2/c1-12-6-13-8-15(10-26-21(27)16-9-14(22)2-3-18(16)23)28-20(13)17(7-12)19-11-24-4-5-25-19/h2-7,9,11,15H,8,10H2,1H3,(H,26,27). The Hall–Kier alpha value is -2.99. The number of nitrogens with one attached hydrogen (secondary N) is 1. The van der Waals surface area contributed by atoms with E-state index >= 15 is 0 Å². The molecule has 1 amide bonds. The van der Waals surface area contributed by atoms with Crippen molar-refractivity contribution in [3.63, 3.8) is 0 Å². The third kappa shape index (κ3) is 3.68. The number of halogens is 2. The van der Waals surface area contributed by atoms with E-state index in [0.717, 1.165) is 28.1 Å². The maximum Gasteiger partial charge on any atom is 0.254 e. The number of rotatable bonds is 4. The molecule has 5 nitrogen and oxygen atoms in total. The van der Waals surface area contributed by atoms with Gasteiger partial charge in [0.25, 0.3) is 5.91 Å². The van der Waals surface area contributed by atoms with Gasteiger partial charge in [-0.25, -0.2) is 4.39 Å². The fourth-order valence-electron chi connectivity index (χ4n) is 3.31. The third-order valence-corrected chi connectivity index (χ3v) is 4.78. The molecule has 0 saturated carbocycles. The van der Waals surface area contributed by atoms with Crippen molar-refractivity contribution in [1.29, 1.82) is 0 Å². The van der Waals surface area contributed by atoms with Crippen LogP contribution in [0.5, 0.6) is 5.75 Å². The molecule has 0 spiro atoms. The maximum atomic E-state index is 13.9. The number of hydrogen-bond acceptors (Lipinski definition) is 4. The van der Waals surface area contributed by atoms with Gasteiger partial charge in [0.15, 0.2) is 0 Å². The van der Waals surface area contributed by atoms with Crippen molar-refractivity contribution in [2.75, 3.05) is 6.54 Å². The minimum absolute atomic E-state index is 0.0842. The van der Waals surface area contributed by atoms with Gasteiger partial charge in [-0.3, -0.25) is 14.8 Å². The average Bonchev–Trinajstić information content (AvgIpc) is 3.10. The second-order valence-electron chi connectivity index (χ2n) is 6.67. The molecule has 0 saturated heterocycles. The maximum absolute atomic E-state index is 13.9. The molecule has 2 aromatic carbocycles. The molecule has 1 atom stereocenters. The number of fused-ring (bicyclic) bond motifs is 1. The van der Waals surface area contributed by atoms with Gasteiger partial charge in [-0.05, 0) is 42.3 Å². The molecule has 7 heteroatoms. The zero-order chi connectivity index (χ0) is 19.7. The molecule has 1 unspecified atom stereocenters. The minimum atomic E-state index is -0.613. The molecule has 1 N–H and O–H groups in total. The first-order chi connectivity index (χ1) is 13.5. The Kier molecular flexibility index (Phi) is 4.96. The minimum Gasteiger partial charge on any atom is -0.487 e. The summed E-state index contributed by atoms with van der Waals surface area (Å²) in [6.07, 6.45) is 5.33. The lowest BCUT2D eigenvalue weighted by molar-refractivity contribution is 0.0929. The van der Waals surface area contributed by atoms with E-state index in [9.17, 15) is 9.18 Å². The van der Waals surface area contributed by atoms with Gasteiger partial charge in [0.05, 0.1) is 24.0 Å². The van der Waals surface area contributed by atoms with Crippen molar-refractivity contribution in [3.8, 4) is 17.0 Å². The van der Waals surface area contributed by atoms with Crippen LogP contribution in [-0.4, -0.2) is 28.5 Å². The van der Waals surface area contributed by atoms with Crippen LogP contribution in [0.2, 0.25) is 5.02 Å². The van der Waals surface area contributed by atoms with Crippen molar-refractivity contribution in [1.82, 2.24) is 15.3 Å². The van der Waals surface area contributed by atoms with E-state index in [-0.39, 0.29) is 18.2 Å². The molecule has 1 aromatic heterocycles. The van der Waals surface area contributed by atoms with E-state index in [4.69, 9.17) is 16.3 Å². The van der Waals surface area contributed by atoms with Crippen LogP contribution < -0.4 is 10.1 Å². The summed E-state index contributed by atoms with van der Waals surface area (Å²) in [6, 6.07) is 7.96. The van der Waals surface area contributed by atoms with Crippen molar-refractivity contribution in [3.05, 3.63) is 76.5 Å². The highest BCUT2D eigenvalue weighted by Gasteiger charge is 2.27. The Morgan fingerprint density at radius 3 is 2.96 bits per heavy atom. The first kappa shape index (κ1) is 18.4. The molecule has 4 rings (SSSR count). The molecule has 0 fully saturated rings. The molecule has 2 heterocycles. The van der Waals surface area contributed by atoms with Gasteiger partial charge in [-0.15, -0.1) is 0 Å². The van der Waals surface area contributed by atoms with E-state index in [1.807, 2.05) is 13.0 Å². The van der Waals surface area contributed by atoms with Crippen molar-refractivity contribution in [2.24, 2.45) is 0 Å². The Morgan fingerprint density at radius 2 is 2.18 bits per heavy atom. The Bertz CT molecular complexity index is 1040. The van der Waals surface area contributed by atoms with E-state index in [1.165, 1.54) is 18.2 Å². The molecule has 1 aliphatic heterocycles. The zero-order valence-electron chi connectivity index (χ0n) is 15.1. The number of aryl methyl sites for hydroxylation is 1. The van der Waals surface area contributed by atoms with Gasteiger partial charge in [0, 0.05) is 29.4 Å². The molecule has 142 valence electrons. The normalized spacial score (nSPS) is 15.0. The van der Waals surface area contributed by atoms with Crippen LogP contribution in [0.4, 0.5) is 4.39 Å². The second kappa shape index (κ2) is 7.56. The molecule has 1 aliphatic rings. The predicted octanol–water partition coefficient (Wildman–Crippen LogP) is 3.98. The summed E-state index contributed by atoms with van der Waals surface area (Å²) in [6.45, 7) is 2.26. The molecule has 3 aromatic rings. The number of benzene rings is 2. The van der Waals surface area contributed by atoms with Crippen LogP contribution >= 0.6 is 11.6 Å². The number of nitrogens with zero attached hydrogens (tertiary/aromatic N) is 2. The first-order valence-electron chi connectivity index (χ1n) is 8.81. The summed E-state index contributed by atoms with van der Waals surface area (Å²) >= 11 is 5.86.